The van der Waals surface area contributed by atoms with Gasteiger partial charge in [0, 0.05) is 16.3 Å². The summed E-state index contributed by atoms with van der Waals surface area (Å²) in [5.74, 6) is -0.362. The average molecular weight is 349 g/mol. The zero-order valence-corrected chi connectivity index (χ0v) is 13.9. The molecule has 2 aromatic heterocycles. The van der Waals surface area contributed by atoms with Gasteiger partial charge >= 0.3 is 5.97 Å². The first-order chi connectivity index (χ1) is 12.5. The quantitative estimate of drug-likeness (QED) is 0.540. The minimum atomic E-state index is -0.611. The number of carbonyl (C=O) groups excluding carboxylic acids is 1. The lowest BCUT2D eigenvalue weighted by molar-refractivity contribution is 0.0427. The van der Waals surface area contributed by atoms with Crippen LogP contribution in [0.25, 0.3) is 21.7 Å². The van der Waals surface area contributed by atoms with E-state index in [0.717, 1.165) is 16.2 Å². The molecule has 0 aliphatic heterocycles. The largest absolute Gasteiger partial charge is 0.452 e. The average Bonchev–Trinajstić information content (AvgIpc) is 2.96. The fraction of sp³-hybridized carbons (Fsp3) is 0.111. The van der Waals surface area contributed by atoms with E-state index in [1.165, 1.54) is 0 Å². The molecule has 8 nitrogen and oxygen atoms in total. The molecule has 2 heterocycles. The van der Waals surface area contributed by atoms with E-state index in [2.05, 4.69) is 15.0 Å². The zero-order valence-electron chi connectivity index (χ0n) is 13.9. The van der Waals surface area contributed by atoms with Crippen molar-refractivity contribution in [2.45, 2.75) is 13.5 Å². The number of hydrogen-bond acceptors (Lipinski definition) is 8. The third kappa shape index (κ3) is 2.67. The molecule has 8 heteroatoms. The van der Waals surface area contributed by atoms with Gasteiger partial charge in [-0.3, -0.25) is 0 Å². The lowest BCUT2D eigenvalue weighted by atomic mass is 10.1. The van der Waals surface area contributed by atoms with Gasteiger partial charge in [0.25, 0.3) is 0 Å². The van der Waals surface area contributed by atoms with Crippen LogP contribution < -0.4 is 11.5 Å². The number of nitrogens with two attached hydrogens (primary N) is 2. The second-order valence-corrected chi connectivity index (χ2v) is 5.76. The molecule has 4 N–H and O–H groups in total. The van der Waals surface area contributed by atoms with Gasteiger partial charge in [-0.2, -0.15) is 15.0 Å². The number of benzene rings is 2. The van der Waals surface area contributed by atoms with Crippen molar-refractivity contribution in [3.8, 4) is 0 Å². The number of hydrogen-bond donors (Lipinski definition) is 2. The Balaban J connectivity index is 1.66. The summed E-state index contributed by atoms with van der Waals surface area (Å²) in [6, 6.07) is 11.7. The van der Waals surface area contributed by atoms with Crippen LogP contribution in [0.15, 0.2) is 40.8 Å². The van der Waals surface area contributed by atoms with Crippen LogP contribution in [-0.4, -0.2) is 20.9 Å². The maximum Gasteiger partial charge on any atom is 0.375 e. The second kappa shape index (κ2) is 5.99. The maximum atomic E-state index is 12.5. The van der Waals surface area contributed by atoms with E-state index in [9.17, 15) is 4.79 Å². The van der Waals surface area contributed by atoms with E-state index in [1.807, 2.05) is 43.3 Å². The van der Waals surface area contributed by atoms with Gasteiger partial charge in [-0.15, -0.1) is 0 Å². The molecular formula is C18H15N5O3. The Bertz CT molecular complexity index is 1130. The number of furan rings is 1. The number of ether oxygens (including phenoxy) is 1. The molecule has 0 saturated carbocycles. The molecule has 0 saturated heterocycles. The highest BCUT2D eigenvalue weighted by Gasteiger charge is 2.20. The number of carbonyl (C=O) groups is 1. The summed E-state index contributed by atoms with van der Waals surface area (Å²) in [4.78, 5) is 23.9. The molecule has 0 fully saturated rings. The van der Waals surface area contributed by atoms with E-state index in [0.29, 0.717) is 11.1 Å². The Kier molecular flexibility index (Phi) is 3.65. The van der Waals surface area contributed by atoms with Crippen LogP contribution in [0.5, 0.6) is 0 Å². The van der Waals surface area contributed by atoms with Crippen LogP contribution in [0.3, 0.4) is 0 Å². The summed E-state index contributed by atoms with van der Waals surface area (Å²) in [5.41, 5.74) is 12.4. The first-order valence-corrected chi connectivity index (χ1v) is 7.87. The molecule has 0 bridgehead atoms. The standard InChI is InChI=1S/C18H15N5O3/c1-9-11-7-6-10-4-2-3-5-12(10)15(11)26-14(9)16(24)25-8-13-21-17(19)23-18(20)22-13/h2-7H,8H2,1H3,(H4,19,20,21,22,23). The van der Waals surface area contributed by atoms with Crippen molar-refractivity contribution in [2.24, 2.45) is 0 Å². The first kappa shape index (κ1) is 15.8. The fourth-order valence-corrected chi connectivity index (χ4v) is 2.86. The Morgan fingerprint density at radius 3 is 2.54 bits per heavy atom. The van der Waals surface area contributed by atoms with Gasteiger partial charge in [0.1, 0.15) is 5.58 Å². The van der Waals surface area contributed by atoms with E-state index in [1.54, 1.807) is 0 Å². The number of aromatic nitrogens is 3. The van der Waals surface area contributed by atoms with Crippen molar-refractivity contribution in [2.75, 3.05) is 11.5 Å². The highest BCUT2D eigenvalue weighted by molar-refractivity contribution is 6.08. The second-order valence-electron chi connectivity index (χ2n) is 5.76. The van der Waals surface area contributed by atoms with Crippen molar-refractivity contribution < 1.29 is 13.9 Å². The van der Waals surface area contributed by atoms with Gasteiger partial charge in [0.2, 0.25) is 17.7 Å². The predicted molar refractivity (Wildman–Crippen MR) is 96.2 cm³/mol. The van der Waals surface area contributed by atoms with E-state index < -0.39 is 5.97 Å². The van der Waals surface area contributed by atoms with Crippen molar-refractivity contribution in [1.29, 1.82) is 0 Å². The van der Waals surface area contributed by atoms with Gasteiger partial charge in [-0.25, -0.2) is 4.79 Å². The first-order valence-electron chi connectivity index (χ1n) is 7.87. The molecule has 0 radical (unpaired) electrons. The van der Waals surface area contributed by atoms with Crippen molar-refractivity contribution in [3.63, 3.8) is 0 Å². The Hall–Kier alpha value is -3.68. The summed E-state index contributed by atoms with van der Waals surface area (Å²) in [5, 5.41) is 2.83. The number of rotatable bonds is 3. The van der Waals surface area contributed by atoms with Crippen molar-refractivity contribution in [3.05, 3.63) is 53.5 Å². The number of nitrogen functional groups attached to an aromatic ring is 2. The zero-order chi connectivity index (χ0) is 18.3. The summed E-state index contributed by atoms with van der Waals surface area (Å²) in [6.07, 6.45) is 0. The van der Waals surface area contributed by atoms with E-state index in [-0.39, 0.29) is 30.1 Å². The fourth-order valence-electron chi connectivity index (χ4n) is 2.86. The molecule has 26 heavy (non-hydrogen) atoms. The van der Waals surface area contributed by atoms with Gasteiger partial charge < -0.3 is 20.6 Å². The van der Waals surface area contributed by atoms with Crippen LogP contribution >= 0.6 is 0 Å². The molecule has 2 aromatic carbocycles. The van der Waals surface area contributed by atoms with Gasteiger partial charge in [0.15, 0.2) is 12.4 Å². The normalized spacial score (nSPS) is 11.1. The lowest BCUT2D eigenvalue weighted by Crippen LogP contribution is -2.11. The summed E-state index contributed by atoms with van der Waals surface area (Å²) >= 11 is 0. The molecule has 0 aliphatic rings. The number of fused-ring (bicyclic) bond motifs is 3. The molecule has 0 atom stereocenters. The molecule has 0 unspecified atom stereocenters. The number of esters is 1. The summed E-state index contributed by atoms with van der Waals surface area (Å²) < 4.78 is 11.1. The van der Waals surface area contributed by atoms with Crippen LogP contribution in [0.4, 0.5) is 11.9 Å². The van der Waals surface area contributed by atoms with Gasteiger partial charge in [-0.1, -0.05) is 36.4 Å². The molecule has 130 valence electrons. The number of anilines is 2. The molecule has 0 amide bonds. The molecular weight excluding hydrogens is 334 g/mol. The van der Waals surface area contributed by atoms with Crippen molar-refractivity contribution >= 4 is 39.6 Å². The number of nitrogens with zero attached hydrogens (tertiary/aromatic N) is 3. The third-order valence-electron chi connectivity index (χ3n) is 4.06. The monoisotopic (exact) mass is 349 g/mol. The Morgan fingerprint density at radius 1 is 1.04 bits per heavy atom. The van der Waals surface area contributed by atoms with Gasteiger partial charge in [-0.05, 0) is 12.3 Å². The van der Waals surface area contributed by atoms with Crippen LogP contribution in [0, 0.1) is 6.92 Å². The molecule has 4 aromatic rings. The highest BCUT2D eigenvalue weighted by atomic mass is 16.5. The Labute approximate surface area is 147 Å². The molecule has 4 rings (SSSR count). The number of aryl methyl sites for hydroxylation is 1. The SMILES string of the molecule is Cc1c(C(=O)OCc2nc(N)nc(N)n2)oc2c1ccc1ccccc12. The maximum absolute atomic E-state index is 12.5. The van der Waals surface area contributed by atoms with Crippen LogP contribution in [0.2, 0.25) is 0 Å². The highest BCUT2D eigenvalue weighted by Crippen LogP contribution is 2.32. The molecule has 0 aliphatic carbocycles. The molecule has 0 spiro atoms. The third-order valence-corrected chi connectivity index (χ3v) is 4.06. The van der Waals surface area contributed by atoms with E-state index >= 15 is 0 Å². The van der Waals surface area contributed by atoms with Crippen LogP contribution in [0.1, 0.15) is 21.9 Å². The van der Waals surface area contributed by atoms with E-state index in [4.69, 9.17) is 20.6 Å². The predicted octanol–water partition coefficient (Wildman–Crippen LogP) is 2.60. The van der Waals surface area contributed by atoms with Crippen molar-refractivity contribution in [1.82, 2.24) is 15.0 Å². The Morgan fingerprint density at radius 2 is 1.77 bits per heavy atom. The smallest absolute Gasteiger partial charge is 0.375 e. The summed E-state index contributed by atoms with van der Waals surface area (Å²) in [7, 11) is 0. The lowest BCUT2D eigenvalue weighted by Gasteiger charge is -2.03. The minimum absolute atomic E-state index is 0.0325. The summed E-state index contributed by atoms with van der Waals surface area (Å²) in [6.45, 7) is 1.63. The van der Waals surface area contributed by atoms with Gasteiger partial charge in [0.05, 0.1) is 0 Å². The van der Waals surface area contributed by atoms with Crippen LogP contribution in [-0.2, 0) is 11.3 Å². The minimum Gasteiger partial charge on any atom is -0.452 e. The topological polar surface area (TPSA) is 130 Å².